The van der Waals surface area contributed by atoms with Gasteiger partial charge in [0.05, 0.1) is 5.71 Å². The van der Waals surface area contributed by atoms with Crippen molar-refractivity contribution in [3.8, 4) is 0 Å². The van der Waals surface area contributed by atoms with Gasteiger partial charge in [-0.1, -0.05) is 25.1 Å². The first-order valence-electron chi connectivity index (χ1n) is 4.44. The van der Waals surface area contributed by atoms with E-state index in [0.717, 1.165) is 5.71 Å². The fourth-order valence-electron chi connectivity index (χ4n) is 0.620. The normalized spacial score (nSPS) is 8.31. The lowest BCUT2D eigenvalue weighted by Crippen LogP contribution is -1.86. The van der Waals surface area contributed by atoms with E-state index in [-0.39, 0.29) is 0 Å². The highest BCUT2D eigenvalue weighted by atomic mass is 32.1. The number of nitrogens with zero attached hydrogens (tertiary/aromatic N) is 1. The van der Waals surface area contributed by atoms with Crippen LogP contribution in [0, 0.1) is 0 Å². The minimum absolute atomic E-state index is 0.586. The Morgan fingerprint density at radius 1 is 1.46 bits per heavy atom. The summed E-state index contributed by atoms with van der Waals surface area (Å²) < 4.78 is 0. The summed E-state index contributed by atoms with van der Waals surface area (Å²) in [6.45, 7) is 8.41. The molecule has 0 bridgehead atoms. The van der Waals surface area contributed by atoms with Gasteiger partial charge in [0.15, 0.2) is 6.61 Å². The third kappa shape index (κ3) is 6.34. The van der Waals surface area contributed by atoms with Gasteiger partial charge in [-0.05, 0) is 25.3 Å². The highest BCUT2D eigenvalue weighted by Crippen LogP contribution is 2.09. The highest BCUT2D eigenvalue weighted by Gasteiger charge is 1.91. The van der Waals surface area contributed by atoms with E-state index in [4.69, 9.17) is 4.84 Å². The van der Waals surface area contributed by atoms with E-state index in [1.165, 1.54) is 4.88 Å². The molecule has 0 atom stereocenters. The first-order valence-corrected chi connectivity index (χ1v) is 5.32. The molecule has 0 saturated carbocycles. The predicted octanol–water partition coefficient (Wildman–Crippen LogP) is 3.69. The van der Waals surface area contributed by atoms with Crippen LogP contribution in [0.3, 0.4) is 0 Å². The van der Waals surface area contributed by atoms with Crippen LogP contribution in [0.4, 0.5) is 0 Å². The van der Waals surface area contributed by atoms with Gasteiger partial charge in [-0.3, -0.25) is 0 Å². The molecule has 0 unspecified atom stereocenters. The second-order valence-electron chi connectivity index (χ2n) is 2.39. The molecule has 0 N–H and O–H groups in total. The maximum Gasteiger partial charge on any atom is 0.151 e. The minimum Gasteiger partial charge on any atom is -0.390 e. The number of rotatable bonds is 3. The number of hydrogen-bond acceptors (Lipinski definition) is 3. The van der Waals surface area contributed by atoms with Crippen LogP contribution in [0.15, 0.2) is 22.7 Å². The zero-order chi connectivity index (χ0) is 10.1. The molecule has 0 aliphatic heterocycles. The smallest absolute Gasteiger partial charge is 0.151 e. The van der Waals surface area contributed by atoms with Crippen molar-refractivity contribution in [2.75, 3.05) is 0 Å². The van der Waals surface area contributed by atoms with E-state index in [1.54, 1.807) is 11.3 Å². The minimum atomic E-state index is 0.586. The van der Waals surface area contributed by atoms with E-state index < -0.39 is 0 Å². The van der Waals surface area contributed by atoms with E-state index in [1.807, 2.05) is 45.2 Å². The Labute approximate surface area is 84.2 Å². The summed E-state index contributed by atoms with van der Waals surface area (Å²) in [7, 11) is 0. The average Bonchev–Trinajstić information content (AvgIpc) is 2.60. The van der Waals surface area contributed by atoms with Crippen LogP contribution in [0.1, 0.15) is 32.6 Å². The Kier molecular flexibility index (Phi) is 7.30. The van der Waals surface area contributed by atoms with Crippen LogP contribution >= 0.6 is 11.3 Å². The molecule has 3 heteroatoms. The van der Waals surface area contributed by atoms with Crippen LogP contribution in [-0.4, -0.2) is 5.71 Å². The van der Waals surface area contributed by atoms with Gasteiger partial charge in [0.2, 0.25) is 0 Å². The monoisotopic (exact) mass is 199 g/mol. The lowest BCUT2D eigenvalue weighted by molar-refractivity contribution is 0.132. The molecular weight excluding hydrogens is 182 g/mol. The number of thiophene rings is 1. The lowest BCUT2D eigenvalue weighted by atomic mass is 10.5. The van der Waals surface area contributed by atoms with Gasteiger partial charge in [-0.2, -0.15) is 0 Å². The molecule has 1 aromatic rings. The fourth-order valence-corrected chi connectivity index (χ4v) is 1.23. The third-order valence-corrected chi connectivity index (χ3v) is 1.88. The van der Waals surface area contributed by atoms with Gasteiger partial charge in [-0.15, -0.1) is 11.3 Å². The average molecular weight is 199 g/mol. The standard InChI is InChI=1S/C8H11NOS.C2H6/c1-7(2)9-10-6-8-4-3-5-11-8;1-2/h3-5H,6H2,1-2H3;1-2H3. The summed E-state index contributed by atoms with van der Waals surface area (Å²) in [5, 5.41) is 5.85. The Balaban J connectivity index is 0.000000671. The van der Waals surface area contributed by atoms with E-state index in [9.17, 15) is 0 Å². The molecule has 0 aliphatic carbocycles. The van der Waals surface area contributed by atoms with Gasteiger partial charge in [-0.25, -0.2) is 0 Å². The number of hydrogen-bond donors (Lipinski definition) is 0. The molecule has 1 rings (SSSR count). The van der Waals surface area contributed by atoms with E-state index in [0.29, 0.717) is 6.61 Å². The Morgan fingerprint density at radius 2 is 2.15 bits per heavy atom. The molecule has 0 spiro atoms. The molecule has 0 fully saturated rings. The van der Waals surface area contributed by atoms with Crippen LogP contribution in [0.25, 0.3) is 0 Å². The topological polar surface area (TPSA) is 21.6 Å². The first-order chi connectivity index (χ1) is 6.29. The summed E-state index contributed by atoms with van der Waals surface area (Å²) in [4.78, 5) is 6.24. The van der Waals surface area contributed by atoms with Crippen LogP contribution in [0.2, 0.25) is 0 Å². The van der Waals surface area contributed by atoms with Gasteiger partial charge in [0, 0.05) is 4.88 Å². The Hall–Kier alpha value is -0.830. The maximum atomic E-state index is 5.04. The largest absolute Gasteiger partial charge is 0.390 e. The molecule has 0 aromatic carbocycles. The van der Waals surface area contributed by atoms with E-state index in [2.05, 4.69) is 5.16 Å². The molecule has 74 valence electrons. The third-order valence-electron chi connectivity index (χ3n) is 1.03. The molecule has 13 heavy (non-hydrogen) atoms. The zero-order valence-electron chi connectivity index (χ0n) is 8.70. The van der Waals surface area contributed by atoms with Crippen molar-refractivity contribution in [3.63, 3.8) is 0 Å². The molecule has 1 heterocycles. The Bertz CT molecular complexity index is 225. The highest BCUT2D eigenvalue weighted by molar-refractivity contribution is 7.09. The zero-order valence-corrected chi connectivity index (χ0v) is 9.52. The van der Waals surface area contributed by atoms with Crippen molar-refractivity contribution < 1.29 is 4.84 Å². The van der Waals surface area contributed by atoms with Gasteiger partial charge in [0.1, 0.15) is 0 Å². The van der Waals surface area contributed by atoms with Crippen LogP contribution in [-0.2, 0) is 11.4 Å². The first kappa shape index (κ1) is 12.2. The summed E-state index contributed by atoms with van der Waals surface area (Å²) in [6.07, 6.45) is 0. The summed E-state index contributed by atoms with van der Waals surface area (Å²) in [5.41, 5.74) is 0.946. The summed E-state index contributed by atoms with van der Waals surface area (Å²) in [5.74, 6) is 0. The molecule has 0 aliphatic rings. The molecule has 0 amide bonds. The molecular formula is C10H17NOS. The van der Waals surface area contributed by atoms with Crippen molar-refractivity contribution in [2.45, 2.75) is 34.3 Å². The van der Waals surface area contributed by atoms with Gasteiger partial charge in [0.25, 0.3) is 0 Å². The summed E-state index contributed by atoms with van der Waals surface area (Å²) >= 11 is 1.68. The molecule has 1 aromatic heterocycles. The lowest BCUT2D eigenvalue weighted by Gasteiger charge is -1.95. The van der Waals surface area contributed by atoms with Crippen molar-refractivity contribution >= 4 is 17.0 Å². The fraction of sp³-hybridized carbons (Fsp3) is 0.500. The second kappa shape index (κ2) is 7.80. The Morgan fingerprint density at radius 3 is 2.62 bits per heavy atom. The quantitative estimate of drug-likeness (QED) is 0.537. The SMILES string of the molecule is CC.CC(C)=NOCc1cccs1. The molecule has 2 nitrogen and oxygen atoms in total. The second-order valence-corrected chi connectivity index (χ2v) is 3.42. The van der Waals surface area contributed by atoms with Gasteiger partial charge < -0.3 is 4.84 Å². The van der Waals surface area contributed by atoms with E-state index >= 15 is 0 Å². The number of oxime groups is 1. The van der Waals surface area contributed by atoms with Gasteiger partial charge >= 0.3 is 0 Å². The molecule has 0 radical (unpaired) electrons. The van der Waals surface area contributed by atoms with Crippen molar-refractivity contribution in [1.82, 2.24) is 0 Å². The summed E-state index contributed by atoms with van der Waals surface area (Å²) in [6, 6.07) is 4.04. The predicted molar refractivity (Wildman–Crippen MR) is 59.2 cm³/mol. The van der Waals surface area contributed by atoms with Crippen molar-refractivity contribution in [1.29, 1.82) is 0 Å². The van der Waals surface area contributed by atoms with Crippen LogP contribution < -0.4 is 0 Å². The molecule has 0 saturated heterocycles. The van der Waals surface area contributed by atoms with Crippen molar-refractivity contribution in [2.24, 2.45) is 5.16 Å². The maximum absolute atomic E-state index is 5.04. The van der Waals surface area contributed by atoms with Crippen molar-refractivity contribution in [3.05, 3.63) is 22.4 Å². The van der Waals surface area contributed by atoms with Crippen LogP contribution in [0.5, 0.6) is 0 Å².